The fourth-order valence-corrected chi connectivity index (χ4v) is 3.30. The van der Waals surface area contributed by atoms with Gasteiger partial charge in [0.1, 0.15) is 0 Å². The van der Waals surface area contributed by atoms with Gasteiger partial charge in [-0.15, -0.1) is 5.92 Å². The zero-order valence-corrected chi connectivity index (χ0v) is 13.8. The van der Waals surface area contributed by atoms with E-state index in [2.05, 4.69) is 44.4 Å². The SMILES string of the molecule is C=CC1=C(c2ccc(C#CC)cc2CC)C(=O)CCC1CC. The quantitative estimate of drug-likeness (QED) is 0.718. The minimum absolute atomic E-state index is 0.253. The normalized spacial score (nSPS) is 18.0. The second-order valence-corrected chi connectivity index (χ2v) is 5.70. The van der Waals surface area contributed by atoms with Crippen LogP contribution in [0.1, 0.15) is 56.7 Å². The van der Waals surface area contributed by atoms with Crippen LogP contribution in [-0.4, -0.2) is 5.78 Å². The first-order valence-electron chi connectivity index (χ1n) is 8.12. The third kappa shape index (κ3) is 3.07. The predicted molar refractivity (Wildman–Crippen MR) is 93.5 cm³/mol. The van der Waals surface area contributed by atoms with Gasteiger partial charge in [-0.05, 0) is 60.9 Å². The van der Waals surface area contributed by atoms with E-state index in [1.807, 2.05) is 19.1 Å². The van der Waals surface area contributed by atoms with E-state index < -0.39 is 0 Å². The Balaban J connectivity index is 2.65. The second-order valence-electron chi connectivity index (χ2n) is 5.70. The van der Waals surface area contributed by atoms with Gasteiger partial charge in [-0.3, -0.25) is 4.79 Å². The zero-order chi connectivity index (χ0) is 16.1. The van der Waals surface area contributed by atoms with Gasteiger partial charge in [-0.25, -0.2) is 0 Å². The molecule has 0 saturated heterocycles. The lowest BCUT2D eigenvalue weighted by Crippen LogP contribution is -2.18. The van der Waals surface area contributed by atoms with Crippen molar-refractivity contribution < 1.29 is 4.79 Å². The number of hydrogen-bond donors (Lipinski definition) is 0. The molecule has 0 aliphatic heterocycles. The minimum Gasteiger partial charge on any atom is -0.294 e. The van der Waals surface area contributed by atoms with Crippen molar-refractivity contribution in [2.24, 2.45) is 5.92 Å². The third-order valence-corrected chi connectivity index (χ3v) is 4.46. The summed E-state index contributed by atoms with van der Waals surface area (Å²) in [7, 11) is 0. The molecule has 0 bridgehead atoms. The van der Waals surface area contributed by atoms with Crippen LogP contribution in [0.25, 0.3) is 5.57 Å². The average molecular weight is 292 g/mol. The van der Waals surface area contributed by atoms with Crippen LogP contribution in [0.5, 0.6) is 0 Å². The lowest BCUT2D eigenvalue weighted by molar-refractivity contribution is -0.114. The molecule has 0 radical (unpaired) electrons. The highest BCUT2D eigenvalue weighted by atomic mass is 16.1. The minimum atomic E-state index is 0.253. The number of carbonyl (C=O) groups is 1. The number of allylic oxidation sites excluding steroid dienone is 3. The Hall–Kier alpha value is -2.07. The van der Waals surface area contributed by atoms with Crippen molar-refractivity contribution in [3.63, 3.8) is 0 Å². The van der Waals surface area contributed by atoms with E-state index in [1.54, 1.807) is 0 Å². The third-order valence-electron chi connectivity index (χ3n) is 4.46. The first kappa shape index (κ1) is 16.3. The second kappa shape index (κ2) is 7.27. The molecule has 1 aliphatic rings. The van der Waals surface area contributed by atoms with Gasteiger partial charge in [0.15, 0.2) is 5.78 Å². The van der Waals surface area contributed by atoms with Crippen molar-refractivity contribution in [3.05, 3.63) is 53.1 Å². The Morgan fingerprint density at radius 1 is 1.36 bits per heavy atom. The summed E-state index contributed by atoms with van der Waals surface area (Å²) in [4.78, 5) is 12.6. The van der Waals surface area contributed by atoms with Gasteiger partial charge < -0.3 is 0 Å². The van der Waals surface area contributed by atoms with Crippen LogP contribution in [0.3, 0.4) is 0 Å². The topological polar surface area (TPSA) is 17.1 Å². The van der Waals surface area contributed by atoms with Gasteiger partial charge in [-0.2, -0.15) is 0 Å². The van der Waals surface area contributed by atoms with Crippen LogP contribution in [0.15, 0.2) is 36.4 Å². The van der Waals surface area contributed by atoms with E-state index in [9.17, 15) is 4.79 Å². The molecule has 0 saturated carbocycles. The molecule has 1 heteroatoms. The van der Waals surface area contributed by atoms with E-state index in [0.29, 0.717) is 12.3 Å². The lowest BCUT2D eigenvalue weighted by atomic mass is 9.77. The molecular weight excluding hydrogens is 268 g/mol. The number of carbonyl (C=O) groups excluding carboxylic acids is 1. The van der Waals surface area contributed by atoms with Crippen molar-refractivity contribution in [1.82, 2.24) is 0 Å². The molecular formula is C21H24O. The van der Waals surface area contributed by atoms with Crippen molar-refractivity contribution in [2.75, 3.05) is 0 Å². The molecule has 0 N–H and O–H groups in total. The van der Waals surface area contributed by atoms with E-state index in [-0.39, 0.29) is 5.78 Å². The highest BCUT2D eigenvalue weighted by Crippen LogP contribution is 2.37. The summed E-state index contributed by atoms with van der Waals surface area (Å²) in [6, 6.07) is 6.19. The molecule has 2 rings (SSSR count). The Kier molecular flexibility index (Phi) is 5.39. The fourth-order valence-electron chi connectivity index (χ4n) is 3.30. The Morgan fingerprint density at radius 3 is 2.73 bits per heavy atom. The first-order valence-corrected chi connectivity index (χ1v) is 8.12. The van der Waals surface area contributed by atoms with Crippen LogP contribution in [0.4, 0.5) is 0 Å². The highest BCUT2D eigenvalue weighted by molar-refractivity contribution is 6.23. The molecule has 1 aromatic carbocycles. The van der Waals surface area contributed by atoms with Crippen molar-refractivity contribution in [3.8, 4) is 11.8 Å². The maximum Gasteiger partial charge on any atom is 0.163 e. The molecule has 114 valence electrons. The first-order chi connectivity index (χ1) is 10.7. The Bertz CT molecular complexity index is 680. The monoisotopic (exact) mass is 292 g/mol. The van der Waals surface area contributed by atoms with Gasteiger partial charge in [0.25, 0.3) is 0 Å². The smallest absolute Gasteiger partial charge is 0.163 e. The molecule has 0 fully saturated rings. The highest BCUT2D eigenvalue weighted by Gasteiger charge is 2.27. The van der Waals surface area contributed by atoms with Crippen molar-refractivity contribution in [2.45, 2.75) is 46.5 Å². The van der Waals surface area contributed by atoms with Crippen LogP contribution in [0, 0.1) is 17.8 Å². The summed E-state index contributed by atoms with van der Waals surface area (Å²) in [5.74, 6) is 6.73. The van der Waals surface area contributed by atoms with E-state index in [1.165, 1.54) is 5.56 Å². The molecule has 0 spiro atoms. The lowest BCUT2D eigenvalue weighted by Gasteiger charge is -2.26. The van der Waals surface area contributed by atoms with Gasteiger partial charge in [-0.1, -0.05) is 38.5 Å². The maximum atomic E-state index is 12.6. The Labute approximate surface area is 134 Å². The predicted octanol–water partition coefficient (Wildman–Crippen LogP) is 4.95. The molecule has 0 heterocycles. The molecule has 0 aromatic heterocycles. The molecule has 1 atom stereocenters. The number of ketones is 1. The number of Topliss-reactive ketones (excluding diaryl/α,β-unsaturated/α-hetero) is 1. The summed E-state index contributed by atoms with van der Waals surface area (Å²) in [5, 5.41) is 0. The number of benzene rings is 1. The van der Waals surface area contributed by atoms with E-state index >= 15 is 0 Å². The summed E-state index contributed by atoms with van der Waals surface area (Å²) in [6.07, 6.45) is 5.43. The molecule has 1 aliphatic carbocycles. The van der Waals surface area contributed by atoms with Crippen LogP contribution in [0.2, 0.25) is 0 Å². The number of rotatable bonds is 4. The molecule has 1 aromatic rings. The number of aryl methyl sites for hydroxylation is 1. The van der Waals surface area contributed by atoms with Gasteiger partial charge in [0.05, 0.1) is 0 Å². The molecule has 0 amide bonds. The van der Waals surface area contributed by atoms with E-state index in [4.69, 9.17) is 0 Å². The summed E-state index contributed by atoms with van der Waals surface area (Å²) < 4.78 is 0. The molecule has 1 nitrogen and oxygen atoms in total. The van der Waals surface area contributed by atoms with E-state index in [0.717, 1.165) is 41.5 Å². The van der Waals surface area contributed by atoms with Gasteiger partial charge >= 0.3 is 0 Å². The van der Waals surface area contributed by atoms with Crippen LogP contribution in [-0.2, 0) is 11.2 Å². The standard InChI is InChI=1S/C21H24O/c1-5-9-15-10-12-19(17(7-3)14-15)21-18(8-4)16(6-2)11-13-20(21)22/h8,10,12,14,16H,4,6-7,11,13H2,1-3H3. The largest absolute Gasteiger partial charge is 0.294 e. The maximum absolute atomic E-state index is 12.6. The van der Waals surface area contributed by atoms with Crippen LogP contribution < -0.4 is 0 Å². The molecule has 1 unspecified atom stereocenters. The van der Waals surface area contributed by atoms with Crippen LogP contribution >= 0.6 is 0 Å². The summed E-state index contributed by atoms with van der Waals surface area (Å²) in [6.45, 7) is 10.1. The molecule has 22 heavy (non-hydrogen) atoms. The van der Waals surface area contributed by atoms with Gasteiger partial charge in [0, 0.05) is 17.6 Å². The van der Waals surface area contributed by atoms with Gasteiger partial charge in [0.2, 0.25) is 0 Å². The average Bonchev–Trinajstić information content (AvgIpc) is 2.55. The fraction of sp³-hybridized carbons (Fsp3) is 0.381. The summed E-state index contributed by atoms with van der Waals surface area (Å²) in [5.41, 5.74) is 5.30. The Morgan fingerprint density at radius 2 is 2.14 bits per heavy atom. The zero-order valence-electron chi connectivity index (χ0n) is 13.8. The summed E-state index contributed by atoms with van der Waals surface area (Å²) >= 11 is 0. The number of hydrogen-bond acceptors (Lipinski definition) is 1. The van der Waals surface area contributed by atoms with Crippen molar-refractivity contribution in [1.29, 1.82) is 0 Å². The van der Waals surface area contributed by atoms with Crippen molar-refractivity contribution >= 4 is 11.4 Å².